The van der Waals surface area contributed by atoms with Crippen molar-refractivity contribution in [3.63, 3.8) is 0 Å². The molecule has 2 aliphatic carbocycles. The third-order valence-corrected chi connectivity index (χ3v) is 14.6. The maximum Gasteiger partial charge on any atom is 0.0540 e. The Labute approximate surface area is 389 Å². The van der Waals surface area contributed by atoms with Crippen LogP contribution < -0.4 is 4.90 Å². The molecule has 10 aromatic carbocycles. The van der Waals surface area contributed by atoms with Crippen LogP contribution in [-0.2, 0) is 18.3 Å². The van der Waals surface area contributed by atoms with Crippen molar-refractivity contribution in [2.45, 2.75) is 44.4 Å². The standard InChI is InChI=1S/C65H51N/c1-65(2)61-33-12-10-30-59(61)64-58(32-17-34-62(64)65)57-29-11-13-35-63(57)66(52-26-15-24-49(42-52)54-31-16-22-45-20-6-8-27-53(45)54)51-25-14-23-46(41-51)47-38-39-56-55-28-9-7-21-48(55)40-50(60(56)43-47)37-36-44-18-4-3-5-19-44/h3-35,38-39,41-43,50H,36-37,40H2,1-2H3. The van der Waals surface area contributed by atoms with E-state index in [1.807, 2.05) is 0 Å². The number of rotatable bonds is 9. The monoisotopic (exact) mass is 845 g/mol. The number of fused-ring (bicyclic) bond motifs is 7. The van der Waals surface area contributed by atoms with Gasteiger partial charge < -0.3 is 4.90 Å². The fourth-order valence-electron chi connectivity index (χ4n) is 11.3. The second-order valence-corrected chi connectivity index (χ2v) is 18.8. The van der Waals surface area contributed by atoms with Gasteiger partial charge in [-0.15, -0.1) is 0 Å². The van der Waals surface area contributed by atoms with Gasteiger partial charge in [-0.2, -0.15) is 0 Å². The van der Waals surface area contributed by atoms with Crippen molar-refractivity contribution in [2.75, 3.05) is 4.90 Å². The topological polar surface area (TPSA) is 3.24 Å². The molecule has 10 aromatic rings. The molecule has 316 valence electrons. The van der Waals surface area contributed by atoms with Crippen LogP contribution in [0.1, 0.15) is 54.0 Å². The first-order chi connectivity index (χ1) is 32.5. The summed E-state index contributed by atoms with van der Waals surface area (Å²) in [6.45, 7) is 4.74. The van der Waals surface area contributed by atoms with Gasteiger partial charge in [0.1, 0.15) is 0 Å². The maximum atomic E-state index is 2.51. The lowest BCUT2D eigenvalue weighted by Crippen LogP contribution is -2.15. The Kier molecular flexibility index (Phi) is 9.87. The van der Waals surface area contributed by atoms with Crippen molar-refractivity contribution in [2.24, 2.45) is 0 Å². The summed E-state index contributed by atoms with van der Waals surface area (Å²) in [5, 5.41) is 2.50. The fourth-order valence-corrected chi connectivity index (χ4v) is 11.3. The third-order valence-electron chi connectivity index (χ3n) is 14.6. The average molecular weight is 846 g/mol. The predicted molar refractivity (Wildman–Crippen MR) is 279 cm³/mol. The van der Waals surface area contributed by atoms with Crippen LogP contribution in [0.2, 0.25) is 0 Å². The molecule has 0 amide bonds. The zero-order valence-electron chi connectivity index (χ0n) is 37.6. The first kappa shape index (κ1) is 39.8. The fraction of sp³-hybridized carbons (Fsp3) is 0.108. The quantitative estimate of drug-likeness (QED) is 0.140. The molecular formula is C65H51N. The number of anilines is 3. The van der Waals surface area contributed by atoms with E-state index in [-0.39, 0.29) is 5.41 Å². The molecule has 1 nitrogen and oxygen atoms in total. The molecule has 0 aliphatic heterocycles. The van der Waals surface area contributed by atoms with Crippen molar-refractivity contribution in [1.82, 2.24) is 0 Å². The number of hydrogen-bond acceptors (Lipinski definition) is 1. The van der Waals surface area contributed by atoms with Crippen LogP contribution in [0.5, 0.6) is 0 Å². The van der Waals surface area contributed by atoms with Gasteiger partial charge in [-0.25, -0.2) is 0 Å². The minimum atomic E-state index is -0.102. The van der Waals surface area contributed by atoms with E-state index in [2.05, 4.69) is 249 Å². The molecule has 0 bridgehead atoms. The summed E-state index contributed by atoms with van der Waals surface area (Å²) in [5.74, 6) is 0.432. The summed E-state index contributed by atoms with van der Waals surface area (Å²) < 4.78 is 0. The van der Waals surface area contributed by atoms with Crippen LogP contribution in [0.4, 0.5) is 17.1 Å². The molecule has 0 saturated heterocycles. The van der Waals surface area contributed by atoms with Crippen LogP contribution in [-0.4, -0.2) is 0 Å². The molecule has 12 rings (SSSR count). The van der Waals surface area contributed by atoms with E-state index in [0.717, 1.165) is 36.3 Å². The highest BCUT2D eigenvalue weighted by molar-refractivity contribution is 6.00. The largest absolute Gasteiger partial charge is 0.310 e. The van der Waals surface area contributed by atoms with Crippen LogP contribution in [0.25, 0.3) is 66.4 Å². The summed E-state index contributed by atoms with van der Waals surface area (Å²) in [6.07, 6.45) is 3.23. The first-order valence-electron chi connectivity index (χ1n) is 23.6. The SMILES string of the molecule is CC1(C)c2ccccc2-c2c(-c3ccccc3N(c3cccc(-c4ccc5c(c4)C(CCc4ccccc4)Cc4ccccc4-5)c3)c3cccc(-c4cccc5ccccc45)c3)cccc21. The highest BCUT2D eigenvalue weighted by Gasteiger charge is 2.37. The van der Waals surface area contributed by atoms with Crippen molar-refractivity contribution in [3.05, 3.63) is 258 Å². The molecule has 1 atom stereocenters. The normalized spacial score (nSPS) is 14.2. The van der Waals surface area contributed by atoms with E-state index in [1.54, 1.807) is 0 Å². The van der Waals surface area contributed by atoms with E-state index in [0.29, 0.717) is 5.92 Å². The lowest BCUT2D eigenvalue weighted by molar-refractivity contribution is 0.616. The zero-order valence-corrected chi connectivity index (χ0v) is 37.6. The molecule has 0 fully saturated rings. The Morgan fingerprint density at radius 3 is 1.91 bits per heavy atom. The van der Waals surface area contributed by atoms with Gasteiger partial charge in [0.15, 0.2) is 0 Å². The summed E-state index contributed by atoms with van der Waals surface area (Å²) >= 11 is 0. The van der Waals surface area contributed by atoms with Crippen LogP contribution >= 0.6 is 0 Å². The third kappa shape index (κ3) is 6.86. The predicted octanol–water partition coefficient (Wildman–Crippen LogP) is 17.6. The second-order valence-electron chi connectivity index (χ2n) is 18.8. The molecule has 0 radical (unpaired) electrons. The minimum absolute atomic E-state index is 0.102. The molecule has 1 unspecified atom stereocenters. The molecule has 0 spiro atoms. The van der Waals surface area contributed by atoms with Crippen LogP contribution in [0.15, 0.2) is 231 Å². The highest BCUT2D eigenvalue weighted by Crippen LogP contribution is 2.54. The number of para-hydroxylation sites is 1. The second kappa shape index (κ2) is 16.4. The van der Waals surface area contributed by atoms with Gasteiger partial charge >= 0.3 is 0 Å². The van der Waals surface area contributed by atoms with Crippen molar-refractivity contribution < 1.29 is 0 Å². The number of hydrogen-bond donors (Lipinski definition) is 0. The van der Waals surface area contributed by atoms with Gasteiger partial charge in [0.05, 0.1) is 5.69 Å². The zero-order chi connectivity index (χ0) is 44.2. The molecular weight excluding hydrogens is 795 g/mol. The van der Waals surface area contributed by atoms with Crippen molar-refractivity contribution in [1.29, 1.82) is 0 Å². The van der Waals surface area contributed by atoms with E-state index in [4.69, 9.17) is 0 Å². The van der Waals surface area contributed by atoms with Gasteiger partial charge in [-0.1, -0.05) is 214 Å². The highest BCUT2D eigenvalue weighted by atomic mass is 15.1. The first-order valence-corrected chi connectivity index (χ1v) is 23.6. The van der Waals surface area contributed by atoms with E-state index in [1.165, 1.54) is 94.2 Å². The number of aryl methyl sites for hydroxylation is 1. The molecule has 66 heavy (non-hydrogen) atoms. The van der Waals surface area contributed by atoms with Gasteiger partial charge in [0.2, 0.25) is 0 Å². The summed E-state index contributed by atoms with van der Waals surface area (Å²) in [5.41, 5.74) is 23.1. The van der Waals surface area contributed by atoms with E-state index < -0.39 is 0 Å². The Morgan fingerprint density at radius 2 is 1.05 bits per heavy atom. The van der Waals surface area contributed by atoms with Crippen molar-refractivity contribution >= 4 is 27.8 Å². The minimum Gasteiger partial charge on any atom is -0.310 e. The lowest BCUT2D eigenvalue weighted by atomic mass is 9.75. The van der Waals surface area contributed by atoms with E-state index >= 15 is 0 Å². The van der Waals surface area contributed by atoms with Gasteiger partial charge in [0, 0.05) is 22.4 Å². The molecule has 0 N–H and O–H groups in total. The Hall–Kier alpha value is -7.74. The smallest absolute Gasteiger partial charge is 0.0540 e. The molecule has 1 heteroatoms. The molecule has 0 heterocycles. The molecule has 0 saturated carbocycles. The van der Waals surface area contributed by atoms with Gasteiger partial charge in [-0.05, 0) is 144 Å². The Balaban J connectivity index is 1.02. The summed E-state index contributed by atoms with van der Waals surface area (Å²) in [6, 6.07) is 85.9. The summed E-state index contributed by atoms with van der Waals surface area (Å²) in [7, 11) is 0. The van der Waals surface area contributed by atoms with Gasteiger partial charge in [-0.3, -0.25) is 0 Å². The van der Waals surface area contributed by atoms with Gasteiger partial charge in [0.25, 0.3) is 0 Å². The lowest BCUT2D eigenvalue weighted by Gasteiger charge is -2.30. The summed E-state index contributed by atoms with van der Waals surface area (Å²) in [4.78, 5) is 2.50. The Morgan fingerprint density at radius 1 is 0.439 bits per heavy atom. The maximum absolute atomic E-state index is 2.51. The average Bonchev–Trinajstić information content (AvgIpc) is 3.61. The molecule has 2 aliphatic rings. The number of nitrogens with zero attached hydrogens (tertiary/aromatic N) is 1. The van der Waals surface area contributed by atoms with E-state index in [9.17, 15) is 0 Å². The van der Waals surface area contributed by atoms with Crippen LogP contribution in [0, 0.1) is 0 Å². The molecule has 0 aromatic heterocycles. The van der Waals surface area contributed by atoms with Crippen LogP contribution in [0.3, 0.4) is 0 Å². The number of benzene rings is 10. The van der Waals surface area contributed by atoms with Crippen molar-refractivity contribution in [3.8, 4) is 55.6 Å². The Bertz CT molecular complexity index is 3440.